The Morgan fingerprint density at radius 1 is 0.974 bits per heavy atom. The maximum absolute atomic E-state index is 13.1. The summed E-state index contributed by atoms with van der Waals surface area (Å²) >= 11 is 0. The average molecular weight is 520 g/mol. The van der Waals surface area contributed by atoms with Crippen molar-refractivity contribution in [1.29, 1.82) is 0 Å². The molecule has 1 fully saturated rings. The number of nitrogens with zero attached hydrogens (tertiary/aromatic N) is 6. The summed E-state index contributed by atoms with van der Waals surface area (Å²) in [7, 11) is 0. The second-order valence-corrected chi connectivity index (χ2v) is 9.45. The summed E-state index contributed by atoms with van der Waals surface area (Å²) in [5, 5.41) is 18.8. The van der Waals surface area contributed by atoms with Crippen LogP contribution in [-0.4, -0.2) is 35.2 Å². The molecule has 0 unspecified atom stereocenters. The first kappa shape index (κ1) is 24.1. The fourth-order valence-electron chi connectivity index (χ4n) is 5.14. The molecular weight excluding hydrogens is 495 g/mol. The van der Waals surface area contributed by atoms with E-state index >= 15 is 0 Å². The number of halogens is 3. The number of rotatable bonds is 6. The molecule has 0 spiro atoms. The number of aromatic nitrogens is 7. The largest absolute Gasteiger partial charge is 0.489 e. The van der Waals surface area contributed by atoms with Gasteiger partial charge >= 0.3 is 6.18 Å². The summed E-state index contributed by atoms with van der Waals surface area (Å²) in [6.45, 7) is 0.0217. The number of benzene rings is 2. The van der Waals surface area contributed by atoms with Gasteiger partial charge in [-0.2, -0.15) is 18.3 Å². The monoisotopic (exact) mass is 519 g/mol. The zero-order chi connectivity index (χ0) is 26.1. The number of ether oxygens (including phenoxy) is 1. The van der Waals surface area contributed by atoms with E-state index in [9.17, 15) is 13.2 Å². The van der Waals surface area contributed by atoms with Crippen LogP contribution in [0.3, 0.4) is 0 Å². The van der Waals surface area contributed by atoms with Gasteiger partial charge in [0.25, 0.3) is 0 Å². The molecule has 6 rings (SSSR count). The Bertz CT molecular complexity index is 1560. The normalized spacial score (nSPS) is 14.7. The van der Waals surface area contributed by atoms with Crippen LogP contribution < -0.4 is 4.74 Å². The maximum Gasteiger partial charge on any atom is 0.416 e. The molecule has 0 amide bonds. The van der Waals surface area contributed by atoms with Gasteiger partial charge in [0, 0.05) is 17.7 Å². The van der Waals surface area contributed by atoms with Crippen LogP contribution in [0.5, 0.6) is 5.75 Å². The number of hydrogen-bond donors (Lipinski definition) is 1. The minimum absolute atomic E-state index is 0.0217. The maximum atomic E-state index is 13.1. The van der Waals surface area contributed by atoms with Gasteiger partial charge in [0.05, 0.1) is 23.0 Å². The van der Waals surface area contributed by atoms with Crippen LogP contribution in [0.2, 0.25) is 0 Å². The van der Waals surface area contributed by atoms with E-state index in [1.807, 2.05) is 28.9 Å². The number of fused-ring (bicyclic) bond motifs is 1. The molecule has 1 aliphatic carbocycles. The second kappa shape index (κ2) is 9.88. The first-order chi connectivity index (χ1) is 18.5. The molecular formula is C27H24F3N7O. The molecule has 0 aliphatic heterocycles. The topological polar surface area (TPSA) is 93.9 Å². The fourth-order valence-corrected chi connectivity index (χ4v) is 5.14. The van der Waals surface area contributed by atoms with Crippen molar-refractivity contribution in [3.63, 3.8) is 0 Å². The van der Waals surface area contributed by atoms with Crippen molar-refractivity contribution in [1.82, 2.24) is 35.2 Å². The van der Waals surface area contributed by atoms with Gasteiger partial charge in [0.1, 0.15) is 12.4 Å². The Balaban J connectivity index is 1.35. The molecule has 194 valence electrons. The number of alkyl halides is 3. The van der Waals surface area contributed by atoms with Crippen LogP contribution in [0.25, 0.3) is 28.2 Å². The Morgan fingerprint density at radius 3 is 2.61 bits per heavy atom. The van der Waals surface area contributed by atoms with E-state index in [1.165, 1.54) is 12.5 Å². The van der Waals surface area contributed by atoms with Crippen molar-refractivity contribution in [2.75, 3.05) is 0 Å². The average Bonchev–Trinajstić information content (AvgIpc) is 3.62. The molecule has 38 heavy (non-hydrogen) atoms. The third-order valence-corrected chi connectivity index (χ3v) is 6.96. The van der Waals surface area contributed by atoms with Gasteiger partial charge < -0.3 is 4.74 Å². The van der Waals surface area contributed by atoms with Crippen LogP contribution in [0.4, 0.5) is 13.2 Å². The van der Waals surface area contributed by atoms with Gasteiger partial charge in [-0.05, 0) is 58.7 Å². The highest BCUT2D eigenvalue weighted by Gasteiger charge is 2.30. The highest BCUT2D eigenvalue weighted by atomic mass is 19.4. The lowest BCUT2D eigenvalue weighted by Crippen LogP contribution is -2.12. The van der Waals surface area contributed by atoms with Crippen LogP contribution in [0.1, 0.15) is 54.8 Å². The van der Waals surface area contributed by atoms with E-state index in [0.29, 0.717) is 28.7 Å². The third kappa shape index (κ3) is 4.71. The molecule has 11 heteroatoms. The van der Waals surface area contributed by atoms with Gasteiger partial charge in [-0.15, -0.1) is 5.10 Å². The molecule has 1 saturated carbocycles. The Hall–Kier alpha value is -4.28. The van der Waals surface area contributed by atoms with Crippen molar-refractivity contribution in [2.45, 2.75) is 50.8 Å². The highest BCUT2D eigenvalue weighted by Crippen LogP contribution is 2.39. The zero-order valence-corrected chi connectivity index (χ0v) is 20.3. The van der Waals surface area contributed by atoms with Crippen molar-refractivity contribution in [3.8, 4) is 28.3 Å². The lowest BCUT2D eigenvalue weighted by Gasteiger charge is -2.25. The molecule has 0 radical (unpaired) electrons. The third-order valence-electron chi connectivity index (χ3n) is 6.96. The molecule has 8 nitrogen and oxygen atoms in total. The molecule has 3 aromatic heterocycles. The Labute approximate surface area is 215 Å². The van der Waals surface area contributed by atoms with Crippen molar-refractivity contribution in [2.24, 2.45) is 0 Å². The van der Waals surface area contributed by atoms with E-state index < -0.39 is 11.7 Å². The van der Waals surface area contributed by atoms with E-state index in [0.717, 1.165) is 60.2 Å². The summed E-state index contributed by atoms with van der Waals surface area (Å²) < 4.78 is 47.1. The predicted octanol–water partition coefficient (Wildman–Crippen LogP) is 6.22. The Kier molecular flexibility index (Phi) is 6.26. The van der Waals surface area contributed by atoms with Gasteiger partial charge in [-0.25, -0.2) is 14.6 Å². The molecule has 2 aromatic carbocycles. The minimum atomic E-state index is -4.40. The number of H-pyrrole nitrogens is 1. The summed E-state index contributed by atoms with van der Waals surface area (Å²) in [6, 6.07) is 12.7. The standard InChI is InChI=1S/C27H24F3N7O/c28-27(29,30)20-10-4-6-17(12-20)16-38-21-11-5-9-19(13-21)22-14-31-26-23(25-33-35-36-34-25)15-32-37(26)24(22)18-7-2-1-3-8-18/h4-6,9-15,18H,1-3,7-8,16H2,(H,33,34,35,36). The lowest BCUT2D eigenvalue weighted by atomic mass is 9.84. The quantitative estimate of drug-likeness (QED) is 0.286. The lowest BCUT2D eigenvalue weighted by molar-refractivity contribution is -0.137. The van der Waals surface area contributed by atoms with Crippen molar-refractivity contribution < 1.29 is 17.9 Å². The minimum Gasteiger partial charge on any atom is -0.489 e. The van der Waals surface area contributed by atoms with Gasteiger partial charge in [0.2, 0.25) is 0 Å². The summed E-state index contributed by atoms with van der Waals surface area (Å²) in [5.41, 5.74) is 4.06. The second-order valence-electron chi connectivity index (χ2n) is 9.45. The molecule has 5 aromatic rings. The van der Waals surface area contributed by atoms with E-state index in [2.05, 4.69) is 25.7 Å². The number of tetrazole rings is 1. The summed E-state index contributed by atoms with van der Waals surface area (Å²) in [4.78, 5) is 4.72. The predicted molar refractivity (Wildman–Crippen MR) is 133 cm³/mol. The van der Waals surface area contributed by atoms with Gasteiger partial charge in [-0.1, -0.05) is 43.5 Å². The van der Waals surface area contributed by atoms with Gasteiger partial charge in [0.15, 0.2) is 11.5 Å². The fraction of sp³-hybridized carbons (Fsp3) is 0.296. The summed E-state index contributed by atoms with van der Waals surface area (Å²) in [5.74, 6) is 1.36. The molecule has 1 N–H and O–H groups in total. The SMILES string of the molecule is FC(F)(F)c1cccc(COc2cccc(-c3cnc4c(-c5nnn[nH]5)cnn4c3C3CCCCC3)c2)c1. The molecule has 0 saturated heterocycles. The molecule has 0 bridgehead atoms. The van der Waals surface area contributed by atoms with E-state index in [-0.39, 0.29) is 6.61 Å². The van der Waals surface area contributed by atoms with Crippen molar-refractivity contribution >= 4 is 5.65 Å². The molecule has 1 aliphatic rings. The highest BCUT2D eigenvalue weighted by molar-refractivity contribution is 5.75. The summed E-state index contributed by atoms with van der Waals surface area (Å²) in [6.07, 6.45) is 4.78. The number of hydrogen-bond acceptors (Lipinski definition) is 6. The number of aromatic amines is 1. The van der Waals surface area contributed by atoms with Crippen LogP contribution in [0.15, 0.2) is 60.9 Å². The van der Waals surface area contributed by atoms with Crippen LogP contribution in [0, 0.1) is 0 Å². The Morgan fingerprint density at radius 2 is 1.82 bits per heavy atom. The molecule has 3 heterocycles. The smallest absolute Gasteiger partial charge is 0.416 e. The zero-order valence-electron chi connectivity index (χ0n) is 20.3. The molecule has 0 atom stereocenters. The number of nitrogens with one attached hydrogen (secondary N) is 1. The van der Waals surface area contributed by atoms with Crippen LogP contribution >= 0.6 is 0 Å². The van der Waals surface area contributed by atoms with E-state index in [1.54, 1.807) is 18.3 Å². The first-order valence-electron chi connectivity index (χ1n) is 12.5. The first-order valence-corrected chi connectivity index (χ1v) is 12.5. The van der Waals surface area contributed by atoms with Gasteiger partial charge in [-0.3, -0.25) is 0 Å². The van der Waals surface area contributed by atoms with Crippen LogP contribution in [-0.2, 0) is 12.8 Å². The van der Waals surface area contributed by atoms with Crippen molar-refractivity contribution in [3.05, 3.63) is 77.7 Å². The van der Waals surface area contributed by atoms with E-state index in [4.69, 9.17) is 9.72 Å².